The summed E-state index contributed by atoms with van der Waals surface area (Å²) in [6.07, 6.45) is -0.568. The normalized spacial score (nSPS) is 11.2. The number of carbonyl (C=O) groups is 1. The third kappa shape index (κ3) is 4.20. The van der Waals surface area contributed by atoms with E-state index in [4.69, 9.17) is 16.7 Å². The van der Waals surface area contributed by atoms with Crippen molar-refractivity contribution in [2.24, 2.45) is 0 Å². The summed E-state index contributed by atoms with van der Waals surface area (Å²) >= 11 is 5.62. The third-order valence-corrected chi connectivity index (χ3v) is 3.38. The van der Waals surface area contributed by atoms with E-state index in [1.165, 1.54) is 12.1 Å². The molecule has 0 saturated carbocycles. The predicted molar refractivity (Wildman–Crippen MR) is 61.1 cm³/mol. The molecule has 0 aliphatic carbocycles. The number of nitrogens with one attached hydrogen (secondary N) is 1. The van der Waals surface area contributed by atoms with Crippen molar-refractivity contribution in [1.82, 2.24) is 0 Å². The van der Waals surface area contributed by atoms with E-state index in [1.807, 2.05) is 4.72 Å². The predicted octanol–water partition coefficient (Wildman–Crippen LogP) is 1.70. The molecule has 17 heavy (non-hydrogen) atoms. The molecule has 2 N–H and O–H groups in total. The molecule has 0 amide bonds. The zero-order chi connectivity index (χ0) is 13.1. The fourth-order valence-electron chi connectivity index (χ4n) is 1.02. The minimum Gasteiger partial charge on any atom is -0.481 e. The molecular weight excluding hydrogens is 273 g/mol. The van der Waals surface area contributed by atoms with E-state index < -0.39 is 34.0 Å². The maximum absolute atomic E-state index is 13.3. The Bertz CT molecular complexity index is 512. The van der Waals surface area contributed by atoms with E-state index in [0.29, 0.717) is 0 Å². The van der Waals surface area contributed by atoms with E-state index in [0.717, 1.165) is 6.07 Å². The smallest absolute Gasteiger partial charge is 0.304 e. The molecule has 8 heteroatoms. The van der Waals surface area contributed by atoms with Gasteiger partial charge in [-0.05, 0) is 12.1 Å². The first kappa shape index (κ1) is 13.7. The van der Waals surface area contributed by atoms with Gasteiger partial charge in [0.1, 0.15) is 11.5 Å². The highest BCUT2D eigenvalue weighted by molar-refractivity contribution is 7.92. The van der Waals surface area contributed by atoms with Gasteiger partial charge in [0.2, 0.25) is 10.0 Å². The van der Waals surface area contributed by atoms with Crippen LogP contribution in [0, 0.1) is 5.82 Å². The van der Waals surface area contributed by atoms with Crippen molar-refractivity contribution in [3.63, 3.8) is 0 Å². The summed E-state index contributed by atoms with van der Waals surface area (Å²) in [5, 5.41) is 8.27. The lowest BCUT2D eigenvalue weighted by Gasteiger charge is -2.09. The van der Waals surface area contributed by atoms with E-state index in [-0.39, 0.29) is 10.7 Å². The molecule has 0 aromatic heterocycles. The second-order valence-electron chi connectivity index (χ2n) is 3.16. The number of aliphatic carboxylic acids is 1. The minimum absolute atomic E-state index is 0.0936. The maximum Gasteiger partial charge on any atom is 0.304 e. The van der Waals surface area contributed by atoms with E-state index in [9.17, 15) is 17.6 Å². The van der Waals surface area contributed by atoms with Crippen molar-refractivity contribution in [3.05, 3.63) is 29.0 Å². The SMILES string of the molecule is O=C(O)CCS(=O)(=O)Nc1c(F)cccc1Cl. The Morgan fingerprint density at radius 2 is 2.12 bits per heavy atom. The topological polar surface area (TPSA) is 83.5 Å². The highest BCUT2D eigenvalue weighted by Gasteiger charge is 2.16. The van der Waals surface area contributed by atoms with Gasteiger partial charge in [0.15, 0.2) is 0 Å². The summed E-state index contributed by atoms with van der Waals surface area (Å²) < 4.78 is 38.0. The quantitative estimate of drug-likeness (QED) is 0.860. The summed E-state index contributed by atoms with van der Waals surface area (Å²) in [6, 6.07) is 3.69. The molecule has 1 aromatic carbocycles. The van der Waals surface area contributed by atoms with Gasteiger partial charge < -0.3 is 5.11 Å². The maximum atomic E-state index is 13.3. The van der Waals surface area contributed by atoms with E-state index in [2.05, 4.69) is 0 Å². The van der Waals surface area contributed by atoms with Crippen molar-refractivity contribution in [3.8, 4) is 0 Å². The first-order valence-electron chi connectivity index (χ1n) is 4.48. The van der Waals surface area contributed by atoms with Crippen LogP contribution in [0.15, 0.2) is 18.2 Å². The number of carboxylic acids is 1. The zero-order valence-electron chi connectivity index (χ0n) is 8.48. The Morgan fingerprint density at radius 3 is 2.65 bits per heavy atom. The molecule has 0 unspecified atom stereocenters. The van der Waals surface area contributed by atoms with Gasteiger partial charge in [0.25, 0.3) is 0 Å². The van der Waals surface area contributed by atoms with Crippen LogP contribution < -0.4 is 4.72 Å². The van der Waals surface area contributed by atoms with Crippen LogP contribution in [0.5, 0.6) is 0 Å². The Kier molecular flexibility index (Phi) is 4.30. The molecule has 0 spiro atoms. The molecule has 0 heterocycles. The van der Waals surface area contributed by atoms with Crippen LogP contribution in [0.2, 0.25) is 5.02 Å². The molecule has 0 atom stereocenters. The molecule has 0 bridgehead atoms. The minimum atomic E-state index is -3.93. The number of halogens is 2. The van der Waals surface area contributed by atoms with Crippen molar-refractivity contribution >= 4 is 33.3 Å². The fraction of sp³-hybridized carbons (Fsp3) is 0.222. The summed E-state index contributed by atoms with van der Waals surface area (Å²) in [5.74, 6) is -2.72. The molecule has 0 radical (unpaired) electrons. The number of hydrogen-bond acceptors (Lipinski definition) is 3. The van der Waals surface area contributed by atoms with E-state index in [1.54, 1.807) is 0 Å². The van der Waals surface area contributed by atoms with Crippen LogP contribution in [0.1, 0.15) is 6.42 Å². The van der Waals surface area contributed by atoms with Gasteiger partial charge in [0.05, 0.1) is 17.2 Å². The van der Waals surface area contributed by atoms with E-state index >= 15 is 0 Å². The summed E-state index contributed by atoms with van der Waals surface area (Å²) in [6.45, 7) is 0. The molecule has 0 aliphatic heterocycles. The van der Waals surface area contributed by atoms with Crippen molar-refractivity contribution in [2.75, 3.05) is 10.5 Å². The molecule has 1 aromatic rings. The number of carboxylic acid groups (broad SMARTS) is 1. The Hall–Kier alpha value is -1.34. The van der Waals surface area contributed by atoms with Crippen LogP contribution >= 0.6 is 11.6 Å². The average Bonchev–Trinajstić information content (AvgIpc) is 2.21. The average molecular weight is 282 g/mol. The number of hydrogen-bond donors (Lipinski definition) is 2. The van der Waals surface area contributed by atoms with Gasteiger partial charge in [-0.3, -0.25) is 9.52 Å². The van der Waals surface area contributed by atoms with Crippen LogP contribution in [-0.4, -0.2) is 25.2 Å². The van der Waals surface area contributed by atoms with Crippen LogP contribution in [-0.2, 0) is 14.8 Å². The lowest BCUT2D eigenvalue weighted by molar-refractivity contribution is -0.136. The Labute approximate surface area is 102 Å². The Morgan fingerprint density at radius 1 is 1.47 bits per heavy atom. The monoisotopic (exact) mass is 281 g/mol. The third-order valence-electron chi connectivity index (χ3n) is 1.80. The molecule has 5 nitrogen and oxygen atoms in total. The lowest BCUT2D eigenvalue weighted by atomic mass is 10.3. The molecule has 94 valence electrons. The van der Waals surface area contributed by atoms with Gasteiger partial charge >= 0.3 is 5.97 Å². The molecular formula is C9H9ClFNO4S. The van der Waals surface area contributed by atoms with Gasteiger partial charge in [-0.1, -0.05) is 17.7 Å². The first-order valence-corrected chi connectivity index (χ1v) is 6.51. The lowest BCUT2D eigenvalue weighted by Crippen LogP contribution is -2.19. The second kappa shape index (κ2) is 5.33. The van der Waals surface area contributed by atoms with Crippen molar-refractivity contribution in [2.45, 2.75) is 6.42 Å². The first-order chi connectivity index (χ1) is 7.82. The second-order valence-corrected chi connectivity index (χ2v) is 5.41. The number of benzene rings is 1. The Balaban J connectivity index is 2.87. The van der Waals surface area contributed by atoms with Crippen molar-refractivity contribution in [1.29, 1.82) is 0 Å². The number of para-hydroxylation sites is 1. The zero-order valence-corrected chi connectivity index (χ0v) is 10.1. The van der Waals surface area contributed by atoms with Crippen LogP contribution in [0.4, 0.5) is 10.1 Å². The summed E-state index contributed by atoms with van der Waals surface area (Å²) in [5.41, 5.74) is -0.375. The number of anilines is 1. The summed E-state index contributed by atoms with van der Waals surface area (Å²) in [7, 11) is -3.93. The highest BCUT2D eigenvalue weighted by Crippen LogP contribution is 2.25. The highest BCUT2D eigenvalue weighted by atomic mass is 35.5. The van der Waals surface area contributed by atoms with Crippen molar-refractivity contribution < 1.29 is 22.7 Å². The van der Waals surface area contributed by atoms with Crippen LogP contribution in [0.25, 0.3) is 0 Å². The largest absolute Gasteiger partial charge is 0.481 e. The number of sulfonamides is 1. The van der Waals surface area contributed by atoms with Gasteiger partial charge in [0, 0.05) is 0 Å². The van der Waals surface area contributed by atoms with Gasteiger partial charge in [-0.15, -0.1) is 0 Å². The van der Waals surface area contributed by atoms with Gasteiger partial charge in [-0.25, -0.2) is 12.8 Å². The number of rotatable bonds is 5. The standard InChI is InChI=1S/C9H9ClFNO4S/c10-6-2-1-3-7(11)9(6)12-17(15,16)5-4-8(13)14/h1-3,12H,4-5H2,(H,13,14). The molecule has 0 saturated heterocycles. The van der Waals surface area contributed by atoms with Gasteiger partial charge in [-0.2, -0.15) is 0 Å². The fourth-order valence-corrected chi connectivity index (χ4v) is 2.35. The van der Waals surface area contributed by atoms with Crippen LogP contribution in [0.3, 0.4) is 0 Å². The molecule has 0 aliphatic rings. The molecule has 1 rings (SSSR count). The molecule has 0 fully saturated rings. The summed E-state index contributed by atoms with van der Waals surface area (Å²) in [4.78, 5) is 10.2.